The summed E-state index contributed by atoms with van der Waals surface area (Å²) in [5.41, 5.74) is 0.443. The van der Waals surface area contributed by atoms with Crippen LogP contribution in [-0.4, -0.2) is 21.0 Å². The summed E-state index contributed by atoms with van der Waals surface area (Å²) in [5, 5.41) is 14.6. The lowest BCUT2D eigenvalue weighted by Gasteiger charge is -2.14. The van der Waals surface area contributed by atoms with Gasteiger partial charge >= 0.3 is 0 Å². The van der Waals surface area contributed by atoms with Gasteiger partial charge < -0.3 is 15.4 Å². The monoisotopic (exact) mass is 315 g/mol. The molecular weight excluding hydrogens is 302 g/mol. The minimum absolute atomic E-state index is 0.273. The maximum Gasteiger partial charge on any atom is 0.265 e. The van der Waals surface area contributed by atoms with Crippen molar-refractivity contribution < 1.29 is 9.90 Å². The van der Waals surface area contributed by atoms with Crippen LogP contribution in [0.25, 0.3) is 10.2 Å². The van der Waals surface area contributed by atoms with Gasteiger partial charge in [0.15, 0.2) is 5.75 Å². The van der Waals surface area contributed by atoms with Crippen molar-refractivity contribution in [2.24, 2.45) is 0 Å². The lowest BCUT2D eigenvalue weighted by molar-refractivity contribution is 0.0936. The number of H-pyrrole nitrogens is 1. The first-order chi connectivity index (χ1) is 10.6. The van der Waals surface area contributed by atoms with Gasteiger partial charge in [-0.15, -0.1) is 11.3 Å². The fourth-order valence-electron chi connectivity index (χ4n) is 2.19. The molecule has 3 N–H and O–H groups in total. The van der Waals surface area contributed by atoms with Crippen LogP contribution in [0.1, 0.15) is 28.9 Å². The first kappa shape index (κ1) is 14.3. The number of fused-ring (bicyclic) bond motifs is 1. The van der Waals surface area contributed by atoms with E-state index in [1.54, 1.807) is 36.8 Å². The van der Waals surface area contributed by atoms with Crippen LogP contribution < -0.4 is 10.9 Å². The Labute approximate surface area is 129 Å². The van der Waals surface area contributed by atoms with Crippen LogP contribution in [0.3, 0.4) is 0 Å². The molecule has 0 aliphatic heterocycles. The van der Waals surface area contributed by atoms with Crippen molar-refractivity contribution in [3.05, 3.63) is 57.5 Å². The van der Waals surface area contributed by atoms with E-state index in [0.29, 0.717) is 10.2 Å². The minimum Gasteiger partial charge on any atom is -0.505 e. The van der Waals surface area contributed by atoms with E-state index in [1.165, 1.54) is 11.3 Å². The molecule has 112 valence electrons. The number of amides is 1. The predicted octanol–water partition coefficient (Wildman–Crippen LogP) is 2.18. The fraction of sp³-hybridized carbons (Fsp3) is 0.133. The number of aromatic hydroxyl groups is 1. The normalized spacial score (nSPS) is 12.2. The van der Waals surface area contributed by atoms with Crippen LogP contribution in [-0.2, 0) is 0 Å². The molecule has 6 nitrogen and oxygen atoms in total. The molecule has 3 aromatic rings. The van der Waals surface area contributed by atoms with Crippen LogP contribution in [0.2, 0.25) is 0 Å². The van der Waals surface area contributed by atoms with Crippen LogP contribution in [0.15, 0.2) is 40.8 Å². The third kappa shape index (κ3) is 2.46. The molecule has 0 aliphatic rings. The number of rotatable bonds is 3. The van der Waals surface area contributed by atoms with Gasteiger partial charge in [-0.1, -0.05) is 6.07 Å². The summed E-state index contributed by atoms with van der Waals surface area (Å²) >= 11 is 1.26. The number of hydrogen-bond donors (Lipinski definition) is 3. The summed E-state index contributed by atoms with van der Waals surface area (Å²) in [7, 11) is 0. The lowest BCUT2D eigenvalue weighted by Crippen LogP contribution is -2.31. The summed E-state index contributed by atoms with van der Waals surface area (Å²) < 4.78 is 0.485. The largest absolute Gasteiger partial charge is 0.505 e. The molecule has 3 aromatic heterocycles. The van der Waals surface area contributed by atoms with E-state index in [-0.39, 0.29) is 17.4 Å². The maximum absolute atomic E-state index is 12.3. The van der Waals surface area contributed by atoms with E-state index in [2.05, 4.69) is 15.3 Å². The molecule has 1 unspecified atom stereocenters. The Balaban J connectivity index is 1.94. The second-order valence-corrected chi connectivity index (χ2v) is 5.74. The maximum atomic E-state index is 12.3. The SMILES string of the molecule is CC(NC(=O)c1c(O)c2sccc2[nH]c1=O)c1cccnc1. The summed E-state index contributed by atoms with van der Waals surface area (Å²) in [6, 6.07) is 4.94. The Morgan fingerprint density at radius 2 is 2.27 bits per heavy atom. The van der Waals surface area contributed by atoms with E-state index < -0.39 is 11.5 Å². The zero-order valence-corrected chi connectivity index (χ0v) is 12.5. The number of nitrogens with one attached hydrogen (secondary N) is 2. The Hall–Kier alpha value is -2.67. The van der Waals surface area contributed by atoms with Crippen molar-refractivity contribution in [3.8, 4) is 5.75 Å². The molecule has 0 saturated carbocycles. The van der Waals surface area contributed by atoms with Crippen LogP contribution in [0, 0.1) is 0 Å². The quantitative estimate of drug-likeness (QED) is 0.690. The van der Waals surface area contributed by atoms with E-state index in [1.807, 2.05) is 6.07 Å². The van der Waals surface area contributed by atoms with Gasteiger partial charge in [0.25, 0.3) is 11.5 Å². The summed E-state index contributed by atoms with van der Waals surface area (Å²) in [5.74, 6) is -0.907. The number of carbonyl (C=O) groups is 1. The highest BCUT2D eigenvalue weighted by Gasteiger charge is 2.21. The minimum atomic E-state index is -0.620. The molecule has 0 spiro atoms. The van der Waals surface area contributed by atoms with Crippen molar-refractivity contribution in [2.45, 2.75) is 13.0 Å². The highest BCUT2D eigenvalue weighted by molar-refractivity contribution is 7.17. The zero-order valence-electron chi connectivity index (χ0n) is 11.7. The number of pyridine rings is 2. The van der Waals surface area contributed by atoms with Crippen molar-refractivity contribution in [2.75, 3.05) is 0 Å². The number of aromatic amines is 1. The van der Waals surface area contributed by atoms with Crippen LogP contribution >= 0.6 is 11.3 Å². The number of thiophene rings is 1. The van der Waals surface area contributed by atoms with Gasteiger partial charge in [-0.3, -0.25) is 14.6 Å². The molecule has 1 atom stereocenters. The second kappa shape index (κ2) is 5.61. The molecule has 22 heavy (non-hydrogen) atoms. The van der Waals surface area contributed by atoms with Crippen LogP contribution in [0.4, 0.5) is 0 Å². The second-order valence-electron chi connectivity index (χ2n) is 4.82. The van der Waals surface area contributed by atoms with E-state index in [9.17, 15) is 14.7 Å². The van der Waals surface area contributed by atoms with Crippen molar-refractivity contribution >= 4 is 27.5 Å². The molecule has 0 aromatic carbocycles. The lowest BCUT2D eigenvalue weighted by atomic mass is 10.1. The molecule has 3 heterocycles. The third-order valence-electron chi connectivity index (χ3n) is 3.35. The molecule has 3 rings (SSSR count). The van der Waals surface area contributed by atoms with Crippen LogP contribution in [0.5, 0.6) is 5.75 Å². The average molecular weight is 315 g/mol. The summed E-state index contributed by atoms with van der Waals surface area (Å²) in [6.07, 6.45) is 3.27. The van der Waals surface area contributed by atoms with Crippen molar-refractivity contribution in [1.82, 2.24) is 15.3 Å². The van der Waals surface area contributed by atoms with Gasteiger partial charge in [0, 0.05) is 12.4 Å². The molecule has 0 aliphatic carbocycles. The molecular formula is C15H13N3O3S. The molecule has 0 saturated heterocycles. The Bertz CT molecular complexity index is 886. The van der Waals surface area contributed by atoms with Gasteiger partial charge in [-0.2, -0.15) is 0 Å². The number of carbonyl (C=O) groups excluding carboxylic acids is 1. The van der Waals surface area contributed by atoms with Gasteiger partial charge in [0.2, 0.25) is 0 Å². The van der Waals surface area contributed by atoms with Crippen molar-refractivity contribution in [3.63, 3.8) is 0 Å². The number of aromatic nitrogens is 2. The van der Waals surface area contributed by atoms with Gasteiger partial charge in [-0.25, -0.2) is 0 Å². The van der Waals surface area contributed by atoms with Gasteiger partial charge in [0.05, 0.1) is 16.3 Å². The smallest absolute Gasteiger partial charge is 0.265 e. The van der Waals surface area contributed by atoms with E-state index >= 15 is 0 Å². The molecule has 0 radical (unpaired) electrons. The fourth-order valence-corrected chi connectivity index (χ4v) is 2.99. The van der Waals surface area contributed by atoms with E-state index in [0.717, 1.165) is 5.56 Å². The Kier molecular flexibility index (Phi) is 3.64. The summed E-state index contributed by atoms with van der Waals surface area (Å²) in [6.45, 7) is 1.78. The molecule has 0 fully saturated rings. The Morgan fingerprint density at radius 3 is 3.00 bits per heavy atom. The zero-order chi connectivity index (χ0) is 15.7. The number of hydrogen-bond acceptors (Lipinski definition) is 5. The van der Waals surface area contributed by atoms with E-state index in [4.69, 9.17) is 0 Å². The standard InChI is InChI=1S/C15H13N3O3S/c1-8(9-3-2-5-16-7-9)17-14(20)11-12(19)13-10(4-6-22-13)18-15(11)21/h2-8H,1H3,(H,17,20)(H2,18,19,21). The van der Waals surface area contributed by atoms with Crippen molar-refractivity contribution in [1.29, 1.82) is 0 Å². The molecule has 0 bridgehead atoms. The number of nitrogens with zero attached hydrogens (tertiary/aromatic N) is 1. The predicted molar refractivity (Wildman–Crippen MR) is 84.2 cm³/mol. The third-order valence-corrected chi connectivity index (χ3v) is 4.27. The first-order valence-corrected chi connectivity index (χ1v) is 7.49. The van der Waals surface area contributed by atoms with Gasteiger partial charge in [0.1, 0.15) is 5.56 Å². The molecule has 7 heteroatoms. The first-order valence-electron chi connectivity index (χ1n) is 6.61. The highest BCUT2D eigenvalue weighted by Crippen LogP contribution is 2.29. The molecule has 1 amide bonds. The summed E-state index contributed by atoms with van der Waals surface area (Å²) in [4.78, 5) is 30.9. The highest BCUT2D eigenvalue weighted by atomic mass is 32.1. The Morgan fingerprint density at radius 1 is 1.45 bits per heavy atom. The topological polar surface area (TPSA) is 95.1 Å². The average Bonchev–Trinajstić information content (AvgIpc) is 2.96. The van der Waals surface area contributed by atoms with Gasteiger partial charge in [-0.05, 0) is 30.0 Å².